The number of anilines is 1. The predicted octanol–water partition coefficient (Wildman–Crippen LogP) is 6.07. The third-order valence-corrected chi connectivity index (χ3v) is 7.35. The van der Waals surface area contributed by atoms with Gasteiger partial charge in [-0.05, 0) is 61.1 Å². The van der Waals surface area contributed by atoms with Crippen molar-refractivity contribution in [3.05, 3.63) is 102 Å². The Morgan fingerprint density at radius 2 is 1.77 bits per heavy atom. The van der Waals surface area contributed by atoms with Gasteiger partial charge in [0.2, 0.25) is 5.91 Å². The Morgan fingerprint density at radius 3 is 2.60 bits per heavy atom. The highest BCUT2D eigenvalue weighted by molar-refractivity contribution is 5.97. The molecule has 0 fully saturated rings. The summed E-state index contributed by atoms with van der Waals surface area (Å²) >= 11 is 0. The van der Waals surface area contributed by atoms with Gasteiger partial charge in [-0.1, -0.05) is 73.7 Å². The second-order valence-corrected chi connectivity index (χ2v) is 10.00. The molecule has 0 aliphatic carbocycles. The van der Waals surface area contributed by atoms with Gasteiger partial charge in [0, 0.05) is 48.3 Å². The molecule has 0 saturated heterocycles. The summed E-state index contributed by atoms with van der Waals surface area (Å²) in [5.41, 5.74) is 6.06. The van der Waals surface area contributed by atoms with Gasteiger partial charge >= 0.3 is 0 Å². The van der Waals surface area contributed by atoms with E-state index in [1.165, 1.54) is 22.1 Å². The van der Waals surface area contributed by atoms with Gasteiger partial charge < -0.3 is 14.8 Å². The van der Waals surface area contributed by atoms with Crippen LogP contribution in [0.1, 0.15) is 30.0 Å². The minimum atomic E-state index is -0.0388. The lowest BCUT2D eigenvalue weighted by Gasteiger charge is -2.38. The fraction of sp³-hybridized carbons (Fsp3) is 0.323. The number of hydrogen-bond acceptors (Lipinski definition) is 2. The molecule has 2 heterocycles. The monoisotopic (exact) mass is 465 g/mol. The van der Waals surface area contributed by atoms with Crippen molar-refractivity contribution in [2.45, 2.75) is 32.7 Å². The molecule has 3 aromatic carbocycles. The third-order valence-electron chi connectivity index (χ3n) is 7.35. The van der Waals surface area contributed by atoms with Crippen molar-refractivity contribution in [2.75, 3.05) is 25.0 Å². The minimum absolute atomic E-state index is 0.0388. The lowest BCUT2D eigenvalue weighted by molar-refractivity contribution is -0.122. The SMILES string of the molecule is CC[C@H](Cc1c[nH]c2ccccc12)C(=O)N1CC(CN(C)Cc2ccccc2)Cc2ccccc21. The summed E-state index contributed by atoms with van der Waals surface area (Å²) < 4.78 is 0. The third kappa shape index (κ3) is 5.18. The highest BCUT2D eigenvalue weighted by Crippen LogP contribution is 2.33. The summed E-state index contributed by atoms with van der Waals surface area (Å²) in [7, 11) is 2.19. The van der Waals surface area contributed by atoms with Crippen molar-refractivity contribution in [2.24, 2.45) is 11.8 Å². The molecule has 1 aliphatic heterocycles. The number of rotatable bonds is 8. The molecule has 1 N–H and O–H groups in total. The molecule has 4 aromatic rings. The van der Waals surface area contributed by atoms with Crippen LogP contribution in [0, 0.1) is 11.8 Å². The Kier molecular flexibility index (Phi) is 7.01. The van der Waals surface area contributed by atoms with Crippen molar-refractivity contribution in [1.29, 1.82) is 0 Å². The molecule has 4 nitrogen and oxygen atoms in total. The molecule has 1 aliphatic rings. The van der Waals surface area contributed by atoms with E-state index < -0.39 is 0 Å². The molecule has 1 unspecified atom stereocenters. The second kappa shape index (κ2) is 10.5. The first-order valence-corrected chi connectivity index (χ1v) is 12.8. The zero-order valence-corrected chi connectivity index (χ0v) is 20.8. The first-order chi connectivity index (χ1) is 17.1. The standard InChI is InChI=1S/C31H35N3O/c1-3-25(18-27-19-32-29-15-9-8-14-28(27)29)31(35)34-22-24(17-26-13-7-10-16-30(26)34)21-33(2)20-23-11-5-4-6-12-23/h4-16,19,24-25,32H,3,17-18,20-22H2,1-2H3/t24?,25-/m1/s1. The van der Waals surface area contributed by atoms with Crippen LogP contribution < -0.4 is 4.90 Å². The van der Waals surface area contributed by atoms with Crippen LogP contribution in [-0.2, 0) is 24.2 Å². The number of hydrogen-bond donors (Lipinski definition) is 1. The molecule has 0 radical (unpaired) electrons. The summed E-state index contributed by atoms with van der Waals surface area (Å²) in [6, 6.07) is 27.4. The van der Waals surface area contributed by atoms with E-state index in [4.69, 9.17) is 0 Å². The van der Waals surface area contributed by atoms with Crippen LogP contribution >= 0.6 is 0 Å². The molecule has 4 heteroatoms. The van der Waals surface area contributed by atoms with Crippen LogP contribution in [-0.4, -0.2) is 35.9 Å². The number of carbonyl (C=O) groups excluding carboxylic acids is 1. The molecule has 2 atom stereocenters. The van der Waals surface area contributed by atoms with E-state index in [1.54, 1.807) is 0 Å². The van der Waals surface area contributed by atoms with Crippen LogP contribution in [0.25, 0.3) is 10.9 Å². The van der Waals surface area contributed by atoms with Crippen molar-refractivity contribution < 1.29 is 4.79 Å². The molecule has 180 valence electrons. The number of fused-ring (bicyclic) bond motifs is 2. The average Bonchev–Trinajstić information content (AvgIpc) is 3.29. The largest absolute Gasteiger partial charge is 0.361 e. The van der Waals surface area contributed by atoms with E-state index in [0.717, 1.165) is 50.1 Å². The number of benzene rings is 3. The summed E-state index contributed by atoms with van der Waals surface area (Å²) in [6.07, 6.45) is 4.68. The number of H-pyrrole nitrogens is 1. The van der Waals surface area contributed by atoms with Crippen molar-refractivity contribution >= 4 is 22.5 Å². The second-order valence-electron chi connectivity index (χ2n) is 10.00. The maximum absolute atomic E-state index is 14.0. The van der Waals surface area contributed by atoms with Gasteiger partial charge in [-0.15, -0.1) is 0 Å². The molecular weight excluding hydrogens is 430 g/mol. The van der Waals surface area contributed by atoms with E-state index in [-0.39, 0.29) is 11.8 Å². The Hall–Kier alpha value is -3.37. The fourth-order valence-corrected chi connectivity index (χ4v) is 5.60. The van der Waals surface area contributed by atoms with E-state index in [0.29, 0.717) is 5.92 Å². The number of para-hydroxylation sites is 2. The Balaban J connectivity index is 1.34. The predicted molar refractivity (Wildman–Crippen MR) is 145 cm³/mol. The molecule has 1 aromatic heterocycles. The van der Waals surface area contributed by atoms with Gasteiger partial charge in [0.15, 0.2) is 0 Å². The van der Waals surface area contributed by atoms with Gasteiger partial charge in [0.05, 0.1) is 0 Å². The first-order valence-electron chi connectivity index (χ1n) is 12.8. The molecule has 0 saturated carbocycles. The van der Waals surface area contributed by atoms with Crippen LogP contribution in [0.4, 0.5) is 5.69 Å². The minimum Gasteiger partial charge on any atom is -0.361 e. The molecule has 35 heavy (non-hydrogen) atoms. The van der Waals surface area contributed by atoms with Crippen LogP contribution in [0.2, 0.25) is 0 Å². The molecule has 0 bridgehead atoms. The summed E-state index contributed by atoms with van der Waals surface area (Å²) in [5, 5.41) is 1.22. The first kappa shape index (κ1) is 23.4. The lowest BCUT2D eigenvalue weighted by Crippen LogP contribution is -2.46. The van der Waals surface area contributed by atoms with Gasteiger partial charge in [-0.2, -0.15) is 0 Å². The Bertz CT molecular complexity index is 1280. The highest BCUT2D eigenvalue weighted by atomic mass is 16.2. The number of carbonyl (C=O) groups is 1. The summed E-state index contributed by atoms with van der Waals surface area (Å²) in [5.74, 6) is 0.622. The normalized spacial score (nSPS) is 16.4. The average molecular weight is 466 g/mol. The van der Waals surface area contributed by atoms with Crippen molar-refractivity contribution in [3.8, 4) is 0 Å². The summed E-state index contributed by atoms with van der Waals surface area (Å²) in [4.78, 5) is 21.8. The number of nitrogens with one attached hydrogen (secondary N) is 1. The smallest absolute Gasteiger partial charge is 0.230 e. The van der Waals surface area contributed by atoms with Gasteiger partial charge in [-0.3, -0.25) is 4.79 Å². The van der Waals surface area contributed by atoms with Gasteiger partial charge in [0.1, 0.15) is 0 Å². The Labute approximate surface area is 208 Å². The summed E-state index contributed by atoms with van der Waals surface area (Å²) in [6.45, 7) is 4.80. The zero-order valence-electron chi connectivity index (χ0n) is 20.8. The van der Waals surface area contributed by atoms with Crippen molar-refractivity contribution in [1.82, 2.24) is 9.88 Å². The lowest BCUT2D eigenvalue weighted by atomic mass is 9.89. The number of amides is 1. The van der Waals surface area contributed by atoms with Gasteiger partial charge in [-0.25, -0.2) is 0 Å². The van der Waals surface area contributed by atoms with Crippen LogP contribution in [0.15, 0.2) is 85.1 Å². The Morgan fingerprint density at radius 1 is 1.03 bits per heavy atom. The molecular formula is C31H35N3O. The number of nitrogens with zero attached hydrogens (tertiary/aromatic N) is 2. The molecule has 0 spiro atoms. The number of aromatic amines is 1. The molecule has 1 amide bonds. The quantitative estimate of drug-likeness (QED) is 0.343. The van der Waals surface area contributed by atoms with Crippen LogP contribution in [0.5, 0.6) is 0 Å². The topological polar surface area (TPSA) is 39.3 Å². The van der Waals surface area contributed by atoms with Crippen molar-refractivity contribution in [3.63, 3.8) is 0 Å². The highest BCUT2D eigenvalue weighted by Gasteiger charge is 2.32. The number of aromatic nitrogens is 1. The zero-order chi connectivity index (χ0) is 24.2. The van der Waals surface area contributed by atoms with E-state index in [9.17, 15) is 4.79 Å². The molecule has 5 rings (SSSR count). The van der Waals surface area contributed by atoms with Gasteiger partial charge in [0.25, 0.3) is 0 Å². The van der Waals surface area contributed by atoms with E-state index >= 15 is 0 Å². The maximum atomic E-state index is 14.0. The van der Waals surface area contributed by atoms with E-state index in [2.05, 4.69) is 108 Å². The van der Waals surface area contributed by atoms with Crippen LogP contribution in [0.3, 0.4) is 0 Å². The fourth-order valence-electron chi connectivity index (χ4n) is 5.60. The van der Waals surface area contributed by atoms with E-state index in [1.807, 2.05) is 6.07 Å². The maximum Gasteiger partial charge on any atom is 0.230 e.